The molecular formula is C12H12FN3OS2. The molecule has 1 aliphatic rings. The Hall–Kier alpha value is -1.21. The van der Waals surface area contributed by atoms with Crippen LogP contribution in [0.5, 0.6) is 0 Å². The fraction of sp³-hybridized carbons (Fsp3) is 0.333. The van der Waals surface area contributed by atoms with Gasteiger partial charge in [0.25, 0.3) is 5.89 Å². The maximum absolute atomic E-state index is 13.8. The number of hydrogen-bond donors (Lipinski definition) is 1. The van der Waals surface area contributed by atoms with Crippen molar-refractivity contribution in [3.63, 3.8) is 0 Å². The lowest BCUT2D eigenvalue weighted by Crippen LogP contribution is -2.07. The van der Waals surface area contributed by atoms with E-state index < -0.39 is 5.82 Å². The van der Waals surface area contributed by atoms with E-state index in [1.807, 2.05) is 23.5 Å². The molecule has 2 heterocycles. The molecule has 0 amide bonds. The number of anilines is 1. The van der Waals surface area contributed by atoms with Gasteiger partial charge in [0, 0.05) is 22.9 Å². The minimum atomic E-state index is -0.444. The smallest absolute Gasteiger partial charge is 0.260 e. The molecule has 1 aromatic carbocycles. The molecule has 100 valence electrons. The lowest BCUT2D eigenvalue weighted by atomic mass is 10.2. The summed E-state index contributed by atoms with van der Waals surface area (Å²) in [6.07, 6.45) is 0. The summed E-state index contributed by atoms with van der Waals surface area (Å²) in [6.45, 7) is 0. The van der Waals surface area contributed by atoms with Crippen LogP contribution in [0.4, 0.5) is 10.1 Å². The second kappa shape index (κ2) is 5.42. The second-order valence-corrected chi connectivity index (χ2v) is 6.59. The van der Waals surface area contributed by atoms with Crippen LogP contribution in [0.3, 0.4) is 0 Å². The Bertz CT molecular complexity index is 584. The van der Waals surface area contributed by atoms with E-state index in [0.29, 0.717) is 17.1 Å². The summed E-state index contributed by atoms with van der Waals surface area (Å²) in [5, 5.41) is 4.19. The second-order valence-electron chi connectivity index (χ2n) is 4.13. The summed E-state index contributed by atoms with van der Waals surface area (Å²) in [4.78, 5) is 4.30. The standard InChI is InChI=1S/C12H12FN3OS2/c13-9-5-7(14)1-2-8(9)12-15-11(16-17-12)10-6-18-3-4-19-10/h1-2,5,10H,3-4,6,14H2. The summed E-state index contributed by atoms with van der Waals surface area (Å²) in [5.74, 6) is 3.61. The van der Waals surface area contributed by atoms with Crippen LogP contribution in [0.2, 0.25) is 0 Å². The molecule has 0 aliphatic carbocycles. The number of hydrogen-bond acceptors (Lipinski definition) is 6. The average molecular weight is 297 g/mol. The fourth-order valence-corrected chi connectivity index (χ4v) is 4.41. The van der Waals surface area contributed by atoms with Crippen LogP contribution in [0.25, 0.3) is 11.5 Å². The largest absolute Gasteiger partial charge is 0.399 e. The number of halogens is 1. The van der Waals surface area contributed by atoms with Gasteiger partial charge in [-0.3, -0.25) is 0 Å². The van der Waals surface area contributed by atoms with E-state index in [-0.39, 0.29) is 11.1 Å². The highest BCUT2D eigenvalue weighted by Gasteiger charge is 2.23. The lowest BCUT2D eigenvalue weighted by Gasteiger charge is -2.16. The summed E-state index contributed by atoms with van der Waals surface area (Å²) in [6, 6.07) is 4.43. The van der Waals surface area contributed by atoms with Gasteiger partial charge in [-0.05, 0) is 18.2 Å². The summed E-state index contributed by atoms with van der Waals surface area (Å²) >= 11 is 3.69. The quantitative estimate of drug-likeness (QED) is 0.860. The van der Waals surface area contributed by atoms with Gasteiger partial charge < -0.3 is 10.3 Å². The fourth-order valence-electron chi connectivity index (χ4n) is 1.82. The molecule has 1 atom stereocenters. The van der Waals surface area contributed by atoms with Crippen molar-refractivity contribution in [3.05, 3.63) is 29.8 Å². The molecular weight excluding hydrogens is 285 g/mol. The molecule has 1 aromatic heterocycles. The first kappa shape index (κ1) is 12.8. The van der Waals surface area contributed by atoms with Gasteiger partial charge in [-0.15, -0.1) is 11.8 Å². The Morgan fingerprint density at radius 3 is 3.00 bits per heavy atom. The average Bonchev–Trinajstić information content (AvgIpc) is 2.89. The van der Waals surface area contributed by atoms with Gasteiger partial charge in [0.05, 0.1) is 10.8 Å². The molecule has 1 saturated heterocycles. The van der Waals surface area contributed by atoms with E-state index in [1.165, 1.54) is 6.07 Å². The first-order valence-corrected chi connectivity index (χ1v) is 8.03. The summed E-state index contributed by atoms with van der Waals surface area (Å²) in [7, 11) is 0. The van der Waals surface area contributed by atoms with Crippen molar-refractivity contribution in [1.82, 2.24) is 10.1 Å². The summed E-state index contributed by atoms with van der Waals surface area (Å²) in [5.41, 5.74) is 6.18. The van der Waals surface area contributed by atoms with Crippen molar-refractivity contribution in [1.29, 1.82) is 0 Å². The predicted molar refractivity (Wildman–Crippen MR) is 76.6 cm³/mol. The number of benzene rings is 1. The van der Waals surface area contributed by atoms with Crippen LogP contribution in [0.1, 0.15) is 11.1 Å². The minimum absolute atomic E-state index is 0.212. The molecule has 0 spiro atoms. The van der Waals surface area contributed by atoms with Crippen LogP contribution in [-0.4, -0.2) is 27.4 Å². The highest BCUT2D eigenvalue weighted by Crippen LogP contribution is 2.36. The first-order chi connectivity index (χ1) is 9.24. The van der Waals surface area contributed by atoms with E-state index in [0.717, 1.165) is 17.3 Å². The number of rotatable bonds is 2. The van der Waals surface area contributed by atoms with Crippen LogP contribution in [0, 0.1) is 5.82 Å². The third-order valence-electron chi connectivity index (χ3n) is 2.77. The molecule has 0 radical (unpaired) electrons. The number of nitrogen functional groups attached to an aromatic ring is 1. The molecule has 7 heteroatoms. The molecule has 0 saturated carbocycles. The van der Waals surface area contributed by atoms with Crippen LogP contribution in [-0.2, 0) is 0 Å². The Kier molecular flexibility index (Phi) is 3.65. The van der Waals surface area contributed by atoms with Crippen molar-refractivity contribution in [3.8, 4) is 11.5 Å². The molecule has 19 heavy (non-hydrogen) atoms. The third kappa shape index (κ3) is 2.71. The highest BCUT2D eigenvalue weighted by molar-refractivity contribution is 8.06. The number of nitrogens with zero attached hydrogens (tertiary/aromatic N) is 2. The van der Waals surface area contributed by atoms with E-state index in [1.54, 1.807) is 12.1 Å². The zero-order valence-corrected chi connectivity index (χ0v) is 11.6. The number of thioether (sulfide) groups is 2. The molecule has 3 rings (SSSR count). The monoisotopic (exact) mass is 297 g/mol. The van der Waals surface area contributed by atoms with Gasteiger partial charge >= 0.3 is 0 Å². The van der Waals surface area contributed by atoms with Gasteiger partial charge in [0.2, 0.25) is 0 Å². The normalized spacial score (nSPS) is 19.5. The minimum Gasteiger partial charge on any atom is -0.399 e. The molecule has 1 unspecified atom stereocenters. The maximum Gasteiger partial charge on any atom is 0.260 e. The number of aromatic nitrogens is 2. The molecule has 2 N–H and O–H groups in total. The molecule has 1 fully saturated rings. The van der Waals surface area contributed by atoms with Gasteiger partial charge in [-0.2, -0.15) is 16.7 Å². The van der Waals surface area contributed by atoms with Crippen molar-refractivity contribution < 1.29 is 8.91 Å². The van der Waals surface area contributed by atoms with E-state index in [9.17, 15) is 4.39 Å². The Balaban J connectivity index is 1.87. The molecule has 4 nitrogen and oxygen atoms in total. The van der Waals surface area contributed by atoms with E-state index in [2.05, 4.69) is 10.1 Å². The Morgan fingerprint density at radius 1 is 1.37 bits per heavy atom. The van der Waals surface area contributed by atoms with Crippen molar-refractivity contribution in [2.24, 2.45) is 0 Å². The van der Waals surface area contributed by atoms with E-state index >= 15 is 0 Å². The SMILES string of the molecule is Nc1ccc(-c2nc(C3CSCCS3)no2)c(F)c1. The molecule has 2 aromatic rings. The van der Waals surface area contributed by atoms with Gasteiger partial charge in [-0.25, -0.2) is 4.39 Å². The molecule has 1 aliphatic heterocycles. The zero-order chi connectivity index (χ0) is 13.2. The van der Waals surface area contributed by atoms with Crippen molar-refractivity contribution in [2.75, 3.05) is 23.0 Å². The van der Waals surface area contributed by atoms with Crippen LogP contribution < -0.4 is 5.73 Å². The lowest BCUT2D eigenvalue weighted by molar-refractivity contribution is 0.420. The Labute approximate surface area is 118 Å². The van der Waals surface area contributed by atoms with Gasteiger partial charge in [0.1, 0.15) is 5.82 Å². The summed E-state index contributed by atoms with van der Waals surface area (Å²) < 4.78 is 18.9. The van der Waals surface area contributed by atoms with Crippen LogP contribution in [0.15, 0.2) is 22.7 Å². The van der Waals surface area contributed by atoms with Crippen molar-refractivity contribution in [2.45, 2.75) is 5.25 Å². The van der Waals surface area contributed by atoms with Gasteiger partial charge in [-0.1, -0.05) is 5.16 Å². The van der Waals surface area contributed by atoms with Crippen molar-refractivity contribution >= 4 is 29.2 Å². The first-order valence-electron chi connectivity index (χ1n) is 5.82. The molecule has 0 bridgehead atoms. The van der Waals surface area contributed by atoms with E-state index in [4.69, 9.17) is 10.3 Å². The highest BCUT2D eigenvalue weighted by atomic mass is 32.2. The van der Waals surface area contributed by atoms with Gasteiger partial charge in [0.15, 0.2) is 5.82 Å². The Morgan fingerprint density at radius 2 is 2.26 bits per heavy atom. The maximum atomic E-state index is 13.8. The van der Waals surface area contributed by atoms with Crippen LogP contribution >= 0.6 is 23.5 Å². The third-order valence-corrected chi connectivity index (χ3v) is 5.52. The predicted octanol–water partition coefficient (Wildman–Crippen LogP) is 2.98. The number of nitrogens with two attached hydrogens (primary N) is 1. The zero-order valence-electron chi connectivity index (χ0n) is 10.0. The topological polar surface area (TPSA) is 64.9 Å².